The van der Waals surface area contributed by atoms with Gasteiger partial charge in [-0.2, -0.15) is 0 Å². The zero-order valence-electron chi connectivity index (χ0n) is 14.7. The van der Waals surface area contributed by atoms with Crippen molar-refractivity contribution in [1.82, 2.24) is 5.32 Å². The molecule has 26 heavy (non-hydrogen) atoms. The molecule has 1 saturated carbocycles. The van der Waals surface area contributed by atoms with Gasteiger partial charge in [0, 0.05) is 30.8 Å². The Balaban J connectivity index is 1.71. The van der Waals surface area contributed by atoms with Crippen molar-refractivity contribution in [1.29, 1.82) is 0 Å². The molecule has 0 bridgehead atoms. The third kappa shape index (κ3) is 3.79. The molecule has 0 spiro atoms. The molecule has 8 heteroatoms. The summed E-state index contributed by atoms with van der Waals surface area (Å²) in [6, 6.07) is 4.37. The maximum atomic E-state index is 12.3. The Bertz CT molecular complexity index is 722. The zero-order chi connectivity index (χ0) is 18.8. The number of hydrogen-bond acceptors (Lipinski definition) is 5. The van der Waals surface area contributed by atoms with Crippen LogP contribution in [0.1, 0.15) is 43.0 Å². The van der Waals surface area contributed by atoms with Gasteiger partial charge >= 0.3 is 5.97 Å². The fraction of sp³-hybridized carbons (Fsp3) is 0.556. The fourth-order valence-electron chi connectivity index (χ4n) is 3.53. The quantitative estimate of drug-likeness (QED) is 0.615. The molecule has 1 aromatic carbocycles. The highest BCUT2D eigenvalue weighted by Gasteiger charge is 2.35. The van der Waals surface area contributed by atoms with E-state index in [4.69, 9.17) is 5.11 Å². The van der Waals surface area contributed by atoms with Crippen LogP contribution in [-0.4, -0.2) is 41.0 Å². The van der Waals surface area contributed by atoms with E-state index in [-0.39, 0.29) is 17.3 Å². The number of nitrogens with zero attached hydrogens (tertiary/aromatic N) is 2. The second kappa shape index (κ2) is 7.31. The number of rotatable bonds is 5. The van der Waals surface area contributed by atoms with Gasteiger partial charge in [0.25, 0.3) is 11.6 Å². The average Bonchev–Trinajstić information content (AvgIpc) is 2.57. The second-order valence-electron chi connectivity index (χ2n) is 7.31. The number of nitrogens with one attached hydrogen (secondary N) is 1. The number of nitro benzene ring substituents is 1. The maximum Gasteiger partial charge on any atom is 0.306 e. The van der Waals surface area contributed by atoms with Crippen LogP contribution >= 0.6 is 0 Å². The van der Waals surface area contributed by atoms with Crippen molar-refractivity contribution in [2.75, 3.05) is 18.0 Å². The lowest BCUT2D eigenvalue weighted by Gasteiger charge is -2.33. The molecule has 1 amide bonds. The van der Waals surface area contributed by atoms with Gasteiger partial charge in [-0.25, -0.2) is 0 Å². The highest BCUT2D eigenvalue weighted by Crippen LogP contribution is 2.33. The Labute approximate surface area is 151 Å². The lowest BCUT2D eigenvalue weighted by molar-refractivity contribution is -0.384. The lowest BCUT2D eigenvalue weighted by Crippen LogP contribution is -2.46. The monoisotopic (exact) mass is 361 g/mol. The molecule has 8 nitrogen and oxygen atoms in total. The smallest absolute Gasteiger partial charge is 0.306 e. The van der Waals surface area contributed by atoms with Gasteiger partial charge in [0.05, 0.1) is 10.8 Å². The van der Waals surface area contributed by atoms with Crippen LogP contribution in [0.3, 0.4) is 0 Å². The number of carboxylic acids is 1. The van der Waals surface area contributed by atoms with Gasteiger partial charge in [-0.15, -0.1) is 0 Å². The van der Waals surface area contributed by atoms with E-state index in [0.717, 1.165) is 25.9 Å². The number of hydrogen-bond donors (Lipinski definition) is 2. The first-order chi connectivity index (χ1) is 12.3. The van der Waals surface area contributed by atoms with Crippen LogP contribution in [0.5, 0.6) is 0 Å². The Morgan fingerprint density at radius 3 is 2.50 bits per heavy atom. The largest absolute Gasteiger partial charge is 0.481 e. The first kappa shape index (κ1) is 18.2. The number of piperidine rings is 1. The third-order valence-corrected chi connectivity index (χ3v) is 5.38. The molecular formula is C18H23N3O5. The molecule has 1 aromatic rings. The van der Waals surface area contributed by atoms with Crippen molar-refractivity contribution in [3.05, 3.63) is 33.9 Å². The Morgan fingerprint density at radius 2 is 1.92 bits per heavy atom. The number of benzene rings is 1. The van der Waals surface area contributed by atoms with Crippen LogP contribution in [0.15, 0.2) is 18.2 Å². The summed E-state index contributed by atoms with van der Waals surface area (Å²) in [5.74, 6) is -1.06. The highest BCUT2D eigenvalue weighted by molar-refractivity contribution is 5.96. The zero-order valence-corrected chi connectivity index (χ0v) is 14.7. The average molecular weight is 361 g/mol. The molecular weight excluding hydrogens is 338 g/mol. The lowest BCUT2D eigenvalue weighted by atomic mass is 9.80. The molecule has 1 aliphatic heterocycles. The van der Waals surface area contributed by atoms with E-state index in [0.29, 0.717) is 24.4 Å². The number of carbonyl (C=O) groups excluding carboxylic acids is 1. The normalized spacial score (nSPS) is 23.2. The molecule has 1 heterocycles. The third-order valence-electron chi connectivity index (χ3n) is 5.38. The van der Waals surface area contributed by atoms with E-state index in [1.54, 1.807) is 12.1 Å². The van der Waals surface area contributed by atoms with Crippen LogP contribution in [0.2, 0.25) is 0 Å². The second-order valence-corrected chi connectivity index (χ2v) is 7.31. The summed E-state index contributed by atoms with van der Waals surface area (Å²) in [5.41, 5.74) is 0.710. The molecule has 140 valence electrons. The first-order valence-electron chi connectivity index (χ1n) is 8.92. The summed E-state index contributed by atoms with van der Waals surface area (Å²) in [6.07, 6.45) is 2.78. The minimum Gasteiger partial charge on any atom is -0.481 e. The van der Waals surface area contributed by atoms with Gasteiger partial charge in [-0.3, -0.25) is 19.7 Å². The number of nitro groups is 1. The minimum atomic E-state index is -0.855. The summed E-state index contributed by atoms with van der Waals surface area (Å²) in [6.45, 7) is 3.72. The molecule has 0 radical (unpaired) electrons. The van der Waals surface area contributed by atoms with Gasteiger partial charge in [0.1, 0.15) is 5.69 Å². The SMILES string of the molecule is CC1CCN(c2ccc(C(=O)NC3CC(C(=O)O)C3)cc2[N+](=O)[O-])CC1. The molecule has 1 saturated heterocycles. The molecule has 1 aliphatic carbocycles. The Hall–Kier alpha value is -2.64. The van der Waals surface area contributed by atoms with Gasteiger partial charge in [0.2, 0.25) is 0 Å². The predicted octanol–water partition coefficient (Wildman–Crippen LogP) is 2.42. The number of aliphatic carboxylic acids is 1. The molecule has 2 N–H and O–H groups in total. The van der Waals surface area contributed by atoms with Crippen LogP contribution in [0.4, 0.5) is 11.4 Å². The van der Waals surface area contributed by atoms with Crippen molar-refractivity contribution < 1.29 is 19.6 Å². The molecule has 0 aromatic heterocycles. The van der Waals surface area contributed by atoms with Crippen LogP contribution < -0.4 is 10.2 Å². The van der Waals surface area contributed by atoms with Crippen LogP contribution in [0.25, 0.3) is 0 Å². The summed E-state index contributed by atoms with van der Waals surface area (Å²) in [4.78, 5) is 36.2. The van der Waals surface area contributed by atoms with E-state index in [2.05, 4.69) is 12.2 Å². The maximum absolute atomic E-state index is 12.3. The standard InChI is InChI=1S/C18H23N3O5/c1-11-4-6-20(7-5-11)15-3-2-12(10-16(15)21(25)26)17(22)19-14-8-13(9-14)18(23)24/h2-3,10-11,13-14H,4-9H2,1H3,(H,19,22)(H,23,24). The number of carbonyl (C=O) groups is 2. The van der Waals surface area contributed by atoms with Crippen molar-refractivity contribution in [3.8, 4) is 0 Å². The van der Waals surface area contributed by atoms with E-state index in [1.807, 2.05) is 4.90 Å². The van der Waals surface area contributed by atoms with Crippen molar-refractivity contribution in [3.63, 3.8) is 0 Å². The highest BCUT2D eigenvalue weighted by atomic mass is 16.6. The van der Waals surface area contributed by atoms with Gasteiger partial charge < -0.3 is 15.3 Å². The van der Waals surface area contributed by atoms with Gasteiger partial charge in [-0.1, -0.05) is 6.92 Å². The number of carboxylic acid groups (broad SMARTS) is 1. The van der Waals surface area contributed by atoms with E-state index in [9.17, 15) is 19.7 Å². The van der Waals surface area contributed by atoms with Crippen molar-refractivity contribution in [2.45, 2.75) is 38.6 Å². The predicted molar refractivity (Wildman–Crippen MR) is 95.3 cm³/mol. The summed E-state index contributed by atoms with van der Waals surface area (Å²) in [5, 5.41) is 23.1. The van der Waals surface area contributed by atoms with E-state index < -0.39 is 22.7 Å². The molecule has 2 aliphatic rings. The number of amides is 1. The first-order valence-corrected chi connectivity index (χ1v) is 8.92. The number of anilines is 1. The van der Waals surface area contributed by atoms with Gasteiger partial charge in [0.15, 0.2) is 0 Å². The molecule has 2 fully saturated rings. The Morgan fingerprint density at radius 1 is 1.27 bits per heavy atom. The van der Waals surface area contributed by atoms with Gasteiger partial charge in [-0.05, 0) is 43.7 Å². The Kier molecular flexibility index (Phi) is 5.11. The molecule has 0 unspecified atom stereocenters. The van der Waals surface area contributed by atoms with E-state index in [1.165, 1.54) is 6.07 Å². The van der Waals surface area contributed by atoms with Crippen LogP contribution in [0, 0.1) is 22.0 Å². The fourth-order valence-corrected chi connectivity index (χ4v) is 3.53. The summed E-state index contributed by atoms with van der Waals surface area (Å²) >= 11 is 0. The van der Waals surface area contributed by atoms with Crippen molar-refractivity contribution >= 4 is 23.3 Å². The molecule has 0 atom stereocenters. The summed E-state index contributed by atoms with van der Waals surface area (Å²) in [7, 11) is 0. The van der Waals surface area contributed by atoms with Crippen molar-refractivity contribution in [2.24, 2.45) is 11.8 Å². The van der Waals surface area contributed by atoms with Crippen LogP contribution in [-0.2, 0) is 4.79 Å². The van der Waals surface area contributed by atoms with E-state index >= 15 is 0 Å². The molecule has 3 rings (SSSR count). The summed E-state index contributed by atoms with van der Waals surface area (Å²) < 4.78 is 0. The minimum absolute atomic E-state index is 0.0655. The topological polar surface area (TPSA) is 113 Å².